The van der Waals surface area contributed by atoms with Gasteiger partial charge in [0, 0.05) is 26.2 Å². The molecule has 1 aliphatic heterocycles. The molecule has 0 bridgehead atoms. The number of nitrogens with zero attached hydrogens (tertiary/aromatic N) is 2. The van der Waals surface area contributed by atoms with Gasteiger partial charge in [0.2, 0.25) is 5.96 Å². The van der Waals surface area contributed by atoms with Crippen molar-refractivity contribution in [1.82, 2.24) is 15.8 Å². The number of piperidine rings is 1. The maximum Gasteiger partial charge on any atom is 0.206 e. The van der Waals surface area contributed by atoms with Crippen LogP contribution in [0, 0.1) is 0 Å². The maximum atomic E-state index is 4.36. The highest BCUT2D eigenvalue weighted by molar-refractivity contribution is 5.79. The molecule has 0 aliphatic carbocycles. The minimum Gasteiger partial charge on any atom is -0.356 e. The van der Waals surface area contributed by atoms with E-state index in [4.69, 9.17) is 0 Å². The summed E-state index contributed by atoms with van der Waals surface area (Å²) in [4.78, 5) is 4.36. The molecule has 0 aromatic carbocycles. The van der Waals surface area contributed by atoms with E-state index in [2.05, 4.69) is 34.6 Å². The first-order valence-corrected chi connectivity index (χ1v) is 5.66. The van der Waals surface area contributed by atoms with Crippen LogP contribution in [-0.2, 0) is 0 Å². The standard InChI is InChI=1S/C10H22N4/c1-3-11-10(12-4-2)13-14-8-6-5-7-9-14/h3-9H2,1-2H3,(H2,11,12,13). The first-order valence-electron chi connectivity index (χ1n) is 5.66. The van der Waals surface area contributed by atoms with Gasteiger partial charge < -0.3 is 5.32 Å². The molecule has 1 saturated heterocycles. The Bertz CT molecular complexity index is 173. The average Bonchev–Trinajstić information content (AvgIpc) is 2.20. The average molecular weight is 198 g/mol. The number of rotatable bonds is 3. The predicted octanol–water partition coefficient (Wildman–Crippen LogP) is 0.962. The summed E-state index contributed by atoms with van der Waals surface area (Å²) in [6, 6.07) is 0. The van der Waals surface area contributed by atoms with Gasteiger partial charge in [-0.3, -0.25) is 10.4 Å². The lowest BCUT2D eigenvalue weighted by Gasteiger charge is -2.28. The van der Waals surface area contributed by atoms with E-state index in [0.29, 0.717) is 0 Å². The van der Waals surface area contributed by atoms with Crippen molar-refractivity contribution in [3.63, 3.8) is 0 Å². The topological polar surface area (TPSA) is 39.7 Å². The molecule has 0 radical (unpaired) electrons. The second-order valence-electron chi connectivity index (χ2n) is 3.51. The summed E-state index contributed by atoms with van der Waals surface area (Å²) in [6.07, 6.45) is 3.94. The molecule has 0 unspecified atom stereocenters. The fraction of sp³-hybridized carbons (Fsp3) is 0.900. The van der Waals surface area contributed by atoms with E-state index in [1.807, 2.05) is 0 Å². The molecule has 0 aromatic rings. The smallest absolute Gasteiger partial charge is 0.206 e. The first kappa shape index (κ1) is 11.3. The number of hydrogen-bond donors (Lipinski definition) is 2. The highest BCUT2D eigenvalue weighted by Gasteiger charge is 2.10. The summed E-state index contributed by atoms with van der Waals surface area (Å²) < 4.78 is 0. The summed E-state index contributed by atoms with van der Waals surface area (Å²) in [7, 11) is 0. The molecule has 0 saturated carbocycles. The van der Waals surface area contributed by atoms with Crippen LogP contribution in [0.25, 0.3) is 0 Å². The third kappa shape index (κ3) is 3.96. The van der Waals surface area contributed by atoms with Crippen molar-refractivity contribution in [2.45, 2.75) is 33.1 Å². The van der Waals surface area contributed by atoms with E-state index >= 15 is 0 Å². The molecule has 82 valence electrons. The normalized spacial score (nSPS) is 19.4. The number of aliphatic imine (C=N–C) groups is 1. The highest BCUT2D eigenvalue weighted by Crippen LogP contribution is 2.05. The van der Waals surface area contributed by atoms with Gasteiger partial charge in [0.25, 0.3) is 0 Å². The Labute approximate surface area is 86.7 Å². The summed E-state index contributed by atoms with van der Waals surface area (Å²) in [5, 5.41) is 5.48. The second kappa shape index (κ2) is 6.65. The third-order valence-corrected chi connectivity index (χ3v) is 2.28. The molecule has 0 spiro atoms. The molecular formula is C10H22N4. The van der Waals surface area contributed by atoms with Gasteiger partial charge in [-0.05, 0) is 26.7 Å². The molecule has 2 N–H and O–H groups in total. The predicted molar refractivity (Wildman–Crippen MR) is 60.2 cm³/mol. The van der Waals surface area contributed by atoms with E-state index in [0.717, 1.165) is 32.1 Å². The number of guanidine groups is 1. The number of hydrazine groups is 1. The Morgan fingerprint density at radius 1 is 1.21 bits per heavy atom. The van der Waals surface area contributed by atoms with Gasteiger partial charge in [-0.15, -0.1) is 0 Å². The molecule has 0 amide bonds. The quantitative estimate of drug-likeness (QED) is 0.524. The Morgan fingerprint density at radius 3 is 2.50 bits per heavy atom. The Kier molecular flexibility index (Phi) is 5.37. The maximum absolute atomic E-state index is 4.36. The molecule has 1 aliphatic rings. The van der Waals surface area contributed by atoms with Crippen LogP contribution in [0.2, 0.25) is 0 Å². The zero-order chi connectivity index (χ0) is 10.2. The molecule has 0 aromatic heterocycles. The third-order valence-electron chi connectivity index (χ3n) is 2.28. The minimum absolute atomic E-state index is 0.823. The van der Waals surface area contributed by atoms with Crippen LogP contribution in [0.5, 0.6) is 0 Å². The molecule has 1 fully saturated rings. The fourth-order valence-electron chi connectivity index (χ4n) is 1.61. The lowest BCUT2D eigenvalue weighted by atomic mass is 10.2. The van der Waals surface area contributed by atoms with E-state index in [1.165, 1.54) is 19.3 Å². The summed E-state index contributed by atoms with van der Waals surface area (Å²) in [5.41, 5.74) is 3.33. The van der Waals surface area contributed by atoms with Gasteiger partial charge in [0.1, 0.15) is 0 Å². The minimum atomic E-state index is 0.823. The van der Waals surface area contributed by atoms with Gasteiger partial charge in [-0.2, -0.15) is 0 Å². The van der Waals surface area contributed by atoms with Crippen molar-refractivity contribution in [2.75, 3.05) is 26.2 Å². The van der Waals surface area contributed by atoms with E-state index in [1.54, 1.807) is 0 Å². The summed E-state index contributed by atoms with van der Waals surface area (Å²) in [5.74, 6) is 0.914. The van der Waals surface area contributed by atoms with Crippen molar-refractivity contribution in [1.29, 1.82) is 0 Å². The van der Waals surface area contributed by atoms with Crippen LogP contribution in [0.15, 0.2) is 4.99 Å². The Hall–Kier alpha value is -0.770. The van der Waals surface area contributed by atoms with Crippen LogP contribution in [-0.4, -0.2) is 37.1 Å². The molecule has 14 heavy (non-hydrogen) atoms. The highest BCUT2D eigenvalue weighted by atomic mass is 15.5. The fourth-order valence-corrected chi connectivity index (χ4v) is 1.61. The van der Waals surface area contributed by atoms with Crippen LogP contribution in [0.1, 0.15) is 33.1 Å². The van der Waals surface area contributed by atoms with Gasteiger partial charge in [-0.1, -0.05) is 6.42 Å². The van der Waals surface area contributed by atoms with E-state index < -0.39 is 0 Å². The first-order chi connectivity index (χ1) is 6.86. The zero-order valence-electron chi connectivity index (χ0n) is 9.34. The Balaban J connectivity index is 2.33. The Morgan fingerprint density at radius 2 is 1.93 bits per heavy atom. The van der Waals surface area contributed by atoms with Crippen molar-refractivity contribution in [3.8, 4) is 0 Å². The molecule has 0 atom stereocenters. The largest absolute Gasteiger partial charge is 0.356 e. The summed E-state index contributed by atoms with van der Waals surface area (Å²) in [6.45, 7) is 8.14. The van der Waals surface area contributed by atoms with Gasteiger partial charge in [-0.25, -0.2) is 5.01 Å². The van der Waals surface area contributed by atoms with Crippen LogP contribution >= 0.6 is 0 Å². The van der Waals surface area contributed by atoms with Crippen LogP contribution < -0.4 is 10.7 Å². The van der Waals surface area contributed by atoms with Gasteiger partial charge >= 0.3 is 0 Å². The molecule has 1 heterocycles. The lowest BCUT2D eigenvalue weighted by Crippen LogP contribution is -2.50. The molecule has 1 rings (SSSR count). The van der Waals surface area contributed by atoms with E-state index in [-0.39, 0.29) is 0 Å². The second-order valence-corrected chi connectivity index (χ2v) is 3.51. The van der Waals surface area contributed by atoms with E-state index in [9.17, 15) is 0 Å². The van der Waals surface area contributed by atoms with Crippen LogP contribution in [0.3, 0.4) is 0 Å². The molecular weight excluding hydrogens is 176 g/mol. The SMILES string of the molecule is CCN=C(NCC)NN1CCCCC1. The zero-order valence-corrected chi connectivity index (χ0v) is 9.34. The lowest BCUT2D eigenvalue weighted by molar-refractivity contribution is 0.192. The van der Waals surface area contributed by atoms with Crippen LogP contribution in [0.4, 0.5) is 0 Å². The van der Waals surface area contributed by atoms with Crippen molar-refractivity contribution < 1.29 is 0 Å². The number of nitrogens with one attached hydrogen (secondary N) is 2. The van der Waals surface area contributed by atoms with Crippen molar-refractivity contribution in [2.24, 2.45) is 4.99 Å². The monoisotopic (exact) mass is 198 g/mol. The van der Waals surface area contributed by atoms with Gasteiger partial charge in [0.15, 0.2) is 0 Å². The van der Waals surface area contributed by atoms with Gasteiger partial charge in [0.05, 0.1) is 0 Å². The van der Waals surface area contributed by atoms with Crippen molar-refractivity contribution >= 4 is 5.96 Å². The molecule has 4 heteroatoms. The van der Waals surface area contributed by atoms with Crippen molar-refractivity contribution in [3.05, 3.63) is 0 Å². The molecule has 4 nitrogen and oxygen atoms in total. The number of hydrogen-bond acceptors (Lipinski definition) is 2. The summed E-state index contributed by atoms with van der Waals surface area (Å²) >= 11 is 0.